The van der Waals surface area contributed by atoms with Crippen LogP contribution < -0.4 is 0 Å². The molecule has 0 spiro atoms. The highest BCUT2D eigenvalue weighted by molar-refractivity contribution is 5.81. The number of aliphatic carboxylic acids is 1. The second-order valence-corrected chi connectivity index (χ2v) is 5.88. The summed E-state index contributed by atoms with van der Waals surface area (Å²) < 4.78 is 5.29. The van der Waals surface area contributed by atoms with Crippen LogP contribution in [0, 0.1) is 0 Å². The SMILES string of the molecule is COC1CCCN(C(=O)N(CC(=O)O)C(C)(C)C)C1. The Balaban J connectivity index is 2.78. The van der Waals surface area contributed by atoms with Crippen molar-refractivity contribution >= 4 is 12.0 Å². The van der Waals surface area contributed by atoms with Crippen molar-refractivity contribution < 1.29 is 19.4 Å². The molecule has 1 rings (SSSR count). The summed E-state index contributed by atoms with van der Waals surface area (Å²) >= 11 is 0. The number of hydrogen-bond donors (Lipinski definition) is 1. The Morgan fingerprint density at radius 3 is 2.53 bits per heavy atom. The molecule has 0 aromatic heterocycles. The zero-order valence-electron chi connectivity index (χ0n) is 12.2. The maximum Gasteiger partial charge on any atom is 0.323 e. The van der Waals surface area contributed by atoms with Gasteiger partial charge < -0.3 is 19.6 Å². The van der Waals surface area contributed by atoms with E-state index in [1.807, 2.05) is 20.8 Å². The molecule has 1 saturated heterocycles. The van der Waals surface area contributed by atoms with Crippen LogP contribution in [0.2, 0.25) is 0 Å². The number of methoxy groups -OCH3 is 1. The molecule has 1 heterocycles. The van der Waals surface area contributed by atoms with Crippen molar-refractivity contribution in [2.45, 2.75) is 45.3 Å². The lowest BCUT2D eigenvalue weighted by atomic mass is 10.1. The first-order chi connectivity index (χ1) is 8.75. The van der Waals surface area contributed by atoms with E-state index in [4.69, 9.17) is 9.84 Å². The van der Waals surface area contributed by atoms with Gasteiger partial charge >= 0.3 is 12.0 Å². The van der Waals surface area contributed by atoms with E-state index in [9.17, 15) is 9.59 Å². The average Bonchev–Trinajstić information content (AvgIpc) is 2.33. The number of carbonyl (C=O) groups excluding carboxylic acids is 1. The number of urea groups is 1. The van der Waals surface area contributed by atoms with Gasteiger partial charge in [-0.2, -0.15) is 0 Å². The highest BCUT2D eigenvalue weighted by Gasteiger charge is 2.33. The van der Waals surface area contributed by atoms with Gasteiger partial charge in [0.1, 0.15) is 6.54 Å². The molecule has 2 amide bonds. The molecule has 1 aliphatic rings. The minimum atomic E-state index is -0.997. The Morgan fingerprint density at radius 1 is 1.42 bits per heavy atom. The molecule has 6 nitrogen and oxygen atoms in total. The Hall–Kier alpha value is -1.30. The summed E-state index contributed by atoms with van der Waals surface area (Å²) in [5.41, 5.74) is -0.518. The van der Waals surface area contributed by atoms with Crippen LogP contribution >= 0.6 is 0 Å². The van der Waals surface area contributed by atoms with Crippen LogP contribution in [0.15, 0.2) is 0 Å². The van der Waals surface area contributed by atoms with Crippen molar-refractivity contribution in [3.63, 3.8) is 0 Å². The van der Waals surface area contributed by atoms with Crippen molar-refractivity contribution in [3.05, 3.63) is 0 Å². The number of carbonyl (C=O) groups is 2. The zero-order chi connectivity index (χ0) is 14.6. The summed E-state index contributed by atoms with van der Waals surface area (Å²) in [7, 11) is 1.64. The number of ether oxygens (including phenoxy) is 1. The van der Waals surface area contributed by atoms with Crippen LogP contribution in [0.4, 0.5) is 4.79 Å². The Bertz CT molecular complexity index is 338. The highest BCUT2D eigenvalue weighted by atomic mass is 16.5. The van der Waals surface area contributed by atoms with Gasteiger partial charge in [-0.1, -0.05) is 0 Å². The molecule has 0 aliphatic carbocycles. The Morgan fingerprint density at radius 2 is 2.05 bits per heavy atom. The molecule has 1 fully saturated rings. The number of carboxylic acid groups (broad SMARTS) is 1. The van der Waals surface area contributed by atoms with E-state index in [0.717, 1.165) is 12.8 Å². The number of likely N-dealkylation sites (tertiary alicyclic amines) is 1. The lowest BCUT2D eigenvalue weighted by molar-refractivity contribution is -0.138. The van der Waals surface area contributed by atoms with Gasteiger partial charge in [-0.3, -0.25) is 4.79 Å². The fraction of sp³-hybridized carbons (Fsp3) is 0.846. The first-order valence-electron chi connectivity index (χ1n) is 6.57. The van der Waals surface area contributed by atoms with Crippen LogP contribution in [-0.4, -0.2) is 65.3 Å². The second-order valence-electron chi connectivity index (χ2n) is 5.88. The summed E-state index contributed by atoms with van der Waals surface area (Å²) in [6.07, 6.45) is 1.87. The summed E-state index contributed by atoms with van der Waals surface area (Å²) in [5, 5.41) is 8.96. The van der Waals surface area contributed by atoms with E-state index in [-0.39, 0.29) is 18.7 Å². The van der Waals surface area contributed by atoms with Gasteiger partial charge in [-0.15, -0.1) is 0 Å². The van der Waals surface area contributed by atoms with E-state index >= 15 is 0 Å². The molecule has 6 heteroatoms. The van der Waals surface area contributed by atoms with Crippen molar-refractivity contribution in [3.8, 4) is 0 Å². The predicted octanol–water partition coefficient (Wildman–Crippen LogP) is 1.40. The summed E-state index contributed by atoms with van der Waals surface area (Å²) in [6, 6.07) is -0.225. The van der Waals surface area contributed by atoms with Crippen molar-refractivity contribution in [2.24, 2.45) is 0 Å². The zero-order valence-corrected chi connectivity index (χ0v) is 12.2. The van der Waals surface area contributed by atoms with Gasteiger partial charge in [0.05, 0.1) is 6.10 Å². The molecule has 1 unspecified atom stereocenters. The second kappa shape index (κ2) is 6.23. The molecular weight excluding hydrogens is 248 g/mol. The molecule has 0 radical (unpaired) electrons. The number of amides is 2. The smallest absolute Gasteiger partial charge is 0.323 e. The predicted molar refractivity (Wildman–Crippen MR) is 71.1 cm³/mol. The third-order valence-electron chi connectivity index (χ3n) is 3.32. The third-order valence-corrected chi connectivity index (χ3v) is 3.32. The van der Waals surface area contributed by atoms with E-state index in [1.165, 1.54) is 4.90 Å². The summed E-state index contributed by atoms with van der Waals surface area (Å²) in [6.45, 7) is 6.42. The molecule has 110 valence electrons. The minimum Gasteiger partial charge on any atom is -0.480 e. The van der Waals surface area contributed by atoms with E-state index in [2.05, 4.69) is 0 Å². The van der Waals surface area contributed by atoms with Crippen LogP contribution in [0.25, 0.3) is 0 Å². The largest absolute Gasteiger partial charge is 0.480 e. The Kier molecular flexibility index (Phi) is 5.17. The van der Waals surface area contributed by atoms with Gasteiger partial charge in [-0.25, -0.2) is 4.79 Å². The molecular formula is C13H24N2O4. The van der Waals surface area contributed by atoms with Gasteiger partial charge in [0.15, 0.2) is 0 Å². The molecule has 19 heavy (non-hydrogen) atoms. The van der Waals surface area contributed by atoms with Gasteiger partial charge in [0, 0.05) is 25.7 Å². The quantitative estimate of drug-likeness (QED) is 0.843. The van der Waals surface area contributed by atoms with Crippen LogP contribution in [0.5, 0.6) is 0 Å². The highest BCUT2D eigenvalue weighted by Crippen LogP contribution is 2.19. The number of nitrogens with zero attached hydrogens (tertiary/aromatic N) is 2. The standard InChI is InChI=1S/C13H24N2O4/c1-13(2,3)15(9-11(16)17)12(18)14-7-5-6-10(8-14)19-4/h10H,5-9H2,1-4H3,(H,16,17). The van der Waals surface area contributed by atoms with Gasteiger partial charge in [-0.05, 0) is 33.6 Å². The van der Waals surface area contributed by atoms with Crippen molar-refractivity contribution in [2.75, 3.05) is 26.7 Å². The number of hydrogen-bond acceptors (Lipinski definition) is 3. The Labute approximate surface area is 114 Å². The monoisotopic (exact) mass is 272 g/mol. The molecule has 0 bridgehead atoms. The number of rotatable bonds is 3. The molecule has 0 saturated carbocycles. The molecule has 0 aromatic carbocycles. The lowest BCUT2D eigenvalue weighted by Gasteiger charge is -2.40. The molecule has 0 aromatic rings. The number of piperidine rings is 1. The normalized spacial score (nSPS) is 20.2. The minimum absolute atomic E-state index is 0.0457. The van der Waals surface area contributed by atoms with Crippen molar-refractivity contribution in [1.29, 1.82) is 0 Å². The summed E-state index contributed by atoms with van der Waals surface area (Å²) in [5.74, 6) is -0.997. The number of carboxylic acids is 1. The maximum absolute atomic E-state index is 12.5. The van der Waals surface area contributed by atoms with Crippen molar-refractivity contribution in [1.82, 2.24) is 9.80 Å². The molecule has 1 atom stereocenters. The van der Waals surface area contributed by atoms with Gasteiger partial charge in [0.25, 0.3) is 0 Å². The van der Waals surface area contributed by atoms with E-state index < -0.39 is 11.5 Å². The molecule has 1 N–H and O–H groups in total. The average molecular weight is 272 g/mol. The van der Waals surface area contributed by atoms with E-state index in [0.29, 0.717) is 13.1 Å². The van der Waals surface area contributed by atoms with Crippen LogP contribution in [-0.2, 0) is 9.53 Å². The third kappa shape index (κ3) is 4.38. The topological polar surface area (TPSA) is 70.1 Å². The lowest BCUT2D eigenvalue weighted by Crippen LogP contribution is -2.56. The van der Waals surface area contributed by atoms with Crippen LogP contribution in [0.3, 0.4) is 0 Å². The summed E-state index contributed by atoms with van der Waals surface area (Å²) in [4.78, 5) is 26.5. The first-order valence-corrected chi connectivity index (χ1v) is 6.57. The van der Waals surface area contributed by atoms with E-state index in [1.54, 1.807) is 12.0 Å². The first kappa shape index (κ1) is 15.8. The molecule has 1 aliphatic heterocycles. The fourth-order valence-corrected chi connectivity index (χ4v) is 2.20. The van der Waals surface area contributed by atoms with Crippen LogP contribution in [0.1, 0.15) is 33.6 Å². The fourth-order valence-electron chi connectivity index (χ4n) is 2.20. The van der Waals surface area contributed by atoms with Gasteiger partial charge in [0.2, 0.25) is 0 Å². The maximum atomic E-state index is 12.5.